The molecule has 5 heteroatoms. The van der Waals surface area contributed by atoms with Gasteiger partial charge in [-0.1, -0.05) is 7.78 Å². The fraction of sp³-hybridized carbons (Fsp3) is 0.500. The van der Waals surface area contributed by atoms with Crippen molar-refractivity contribution in [3.63, 3.8) is 0 Å². The van der Waals surface area contributed by atoms with Crippen molar-refractivity contribution in [3.8, 4) is 0 Å². The van der Waals surface area contributed by atoms with Gasteiger partial charge in [-0.25, -0.2) is 0 Å². The first-order valence-electron chi connectivity index (χ1n) is 1.15. The molecule has 0 saturated heterocycles. The van der Waals surface area contributed by atoms with E-state index in [9.17, 15) is 0 Å². The summed E-state index contributed by atoms with van der Waals surface area (Å²) in [6.45, 7) is 2.11. The molecule has 0 aromatic carbocycles. The molecule has 0 aliphatic rings. The Morgan fingerprint density at radius 3 is 1.86 bits per heavy atom. The van der Waals surface area contributed by atoms with Crippen molar-refractivity contribution in [2.45, 2.75) is 0 Å². The quantitative estimate of drug-likeness (QED) is 0.316. The van der Waals surface area contributed by atoms with Gasteiger partial charge in [0.25, 0.3) is 0 Å². The molecular weight excluding hydrogens is 297 g/mol. The minimum absolute atomic E-state index is 0. The molecule has 1 unspecified atom stereocenters. The zero-order valence-electron chi connectivity index (χ0n) is 3.85. The molecule has 43 valence electrons. The topological polar surface area (TPSA) is 0 Å². The number of halogens is 1. The Kier molecular flexibility index (Phi) is 54.9. The van der Waals surface area contributed by atoms with Crippen molar-refractivity contribution in [3.05, 3.63) is 6.26 Å². The Labute approximate surface area is 80.8 Å². The van der Waals surface area contributed by atoms with E-state index in [1.54, 1.807) is 32.6 Å². The van der Waals surface area contributed by atoms with E-state index in [-0.39, 0.29) is 18.6 Å². The van der Waals surface area contributed by atoms with Crippen LogP contribution >= 0.6 is 40.4 Å². The molecule has 0 aliphatic carbocycles. The molecule has 0 heterocycles. The average molecular weight is 303 g/mol. The van der Waals surface area contributed by atoms with Crippen molar-refractivity contribution in [2.24, 2.45) is 0 Å². The van der Waals surface area contributed by atoms with E-state index in [1.165, 1.54) is 0 Å². The van der Waals surface area contributed by atoms with E-state index in [4.69, 9.17) is 0 Å². The normalized spacial score (nSPS) is 6.86. The zero-order chi connectivity index (χ0) is 5.41. The molecule has 0 rings (SSSR count). The predicted octanol–water partition coefficient (Wildman–Crippen LogP) is 2.62. The van der Waals surface area contributed by atoms with Crippen LogP contribution in [0.15, 0.2) is 0 Å². The molecule has 0 N–H and O–H groups in total. The largest absolute Gasteiger partial charge is 2.00 e. The monoisotopic (exact) mass is 303 g/mol. The van der Waals surface area contributed by atoms with Crippen molar-refractivity contribution in [1.82, 2.24) is 0 Å². The summed E-state index contributed by atoms with van der Waals surface area (Å²) in [6, 6.07) is 0. The van der Waals surface area contributed by atoms with Gasteiger partial charge in [0.1, 0.15) is 0 Å². The first-order chi connectivity index (χ1) is 2.91. The van der Waals surface area contributed by atoms with Crippen LogP contribution in [0, 0.1) is 6.26 Å². The third kappa shape index (κ3) is 29.6. The van der Waals surface area contributed by atoms with Crippen molar-refractivity contribution in [2.75, 3.05) is 6.66 Å². The van der Waals surface area contributed by atoms with Crippen LogP contribution in [-0.4, -0.2) is 6.66 Å². The summed E-state index contributed by atoms with van der Waals surface area (Å²) in [5.41, 5.74) is 0. The summed E-state index contributed by atoms with van der Waals surface area (Å²) < 4.78 is 0. The van der Waals surface area contributed by atoms with Gasteiger partial charge in [0.15, 0.2) is 0 Å². The third-order valence-electron chi connectivity index (χ3n) is 0.144. The molecule has 0 aromatic heterocycles. The maximum atomic E-state index is 4.05. The Morgan fingerprint density at radius 2 is 1.86 bits per heavy atom. The zero-order valence-corrected chi connectivity index (χ0v) is 10.0. The second-order valence-corrected chi connectivity index (χ2v) is 3.14. The van der Waals surface area contributed by atoms with E-state index in [0.717, 1.165) is 7.78 Å². The van der Waals surface area contributed by atoms with Gasteiger partial charge in [0.05, 0.1) is 0 Å². The van der Waals surface area contributed by atoms with E-state index >= 15 is 0 Å². The van der Waals surface area contributed by atoms with Crippen molar-refractivity contribution < 1.29 is 18.6 Å². The summed E-state index contributed by atoms with van der Waals surface area (Å²) in [6.07, 6.45) is 3.53. The molecule has 0 amide bonds. The average Bonchev–Trinajstić information content (AvgIpc) is 1.72. The summed E-state index contributed by atoms with van der Waals surface area (Å²) in [5, 5.41) is 0. The second-order valence-electron chi connectivity index (χ2n) is 0.348. The first-order valence-corrected chi connectivity index (χ1v) is 7.31. The van der Waals surface area contributed by atoms with Gasteiger partial charge in [-0.15, -0.1) is 0 Å². The fourth-order valence-corrected chi connectivity index (χ4v) is 0. The molecule has 0 aliphatic heterocycles. The molecule has 7 heavy (non-hydrogen) atoms. The van der Waals surface area contributed by atoms with Crippen molar-refractivity contribution in [1.29, 1.82) is 0 Å². The Bertz CT molecular complexity index is 17.7. The van der Waals surface area contributed by atoms with Crippen LogP contribution in [-0.2, 0) is 28.4 Å². The molecule has 0 spiro atoms. The summed E-state index contributed by atoms with van der Waals surface area (Å²) in [4.78, 5) is 0. The molecule has 0 fully saturated rings. The molecule has 0 aromatic rings. The second kappa shape index (κ2) is 23.7. The standard InChI is InChI=1S/C2H6PS.IS.V/c1-3-4-2;1-2;/h3H,2H2,1H3;;/q2*-1;+2. The number of hydrogen-bond acceptors (Lipinski definition) is 2. The maximum Gasteiger partial charge on any atom is 2.00 e. The molecule has 0 saturated carbocycles. The maximum absolute atomic E-state index is 4.05. The van der Waals surface area contributed by atoms with Crippen LogP contribution in [0.3, 0.4) is 0 Å². The van der Waals surface area contributed by atoms with Gasteiger partial charge >= 0.3 is 18.6 Å². The van der Waals surface area contributed by atoms with E-state index in [0.29, 0.717) is 0 Å². The van der Waals surface area contributed by atoms with Crippen LogP contribution in [0.5, 0.6) is 0 Å². The smallest absolute Gasteiger partial charge is 0.713 e. The van der Waals surface area contributed by atoms with Gasteiger partial charge in [-0.3, -0.25) is 27.5 Å². The van der Waals surface area contributed by atoms with Gasteiger partial charge in [0, 0.05) is 0 Å². The van der Waals surface area contributed by atoms with E-state index < -0.39 is 0 Å². The minimum Gasteiger partial charge on any atom is -0.713 e. The number of rotatable bonds is 1. The van der Waals surface area contributed by atoms with Gasteiger partial charge in [-0.2, -0.15) is 0 Å². The molecule has 1 radical (unpaired) electrons. The van der Waals surface area contributed by atoms with Crippen LogP contribution in [0.2, 0.25) is 0 Å². The number of hydrogen-bond donors (Lipinski definition) is 0. The summed E-state index contributed by atoms with van der Waals surface area (Å²) in [5.74, 6) is 0. The van der Waals surface area contributed by atoms with Gasteiger partial charge < -0.3 is 21.2 Å². The molecular formula is C2H6IPS2V. The van der Waals surface area contributed by atoms with E-state index in [1.807, 2.05) is 0 Å². The van der Waals surface area contributed by atoms with E-state index in [2.05, 4.69) is 22.7 Å². The SMILES string of the molecule is [CH2-]SPC.[S-]I.[V+2]. The van der Waals surface area contributed by atoms with Gasteiger partial charge in [-0.05, 0) is 6.66 Å². The summed E-state index contributed by atoms with van der Waals surface area (Å²) in [7, 11) is 5.00. The Balaban J connectivity index is -0.0000000480. The van der Waals surface area contributed by atoms with Crippen molar-refractivity contribution >= 4 is 50.2 Å². The first kappa shape index (κ1) is 16.2. The fourth-order valence-electron chi connectivity index (χ4n) is 0. The summed E-state index contributed by atoms with van der Waals surface area (Å²) >= 11 is 3.37. The van der Waals surface area contributed by atoms with Crippen LogP contribution in [0.1, 0.15) is 0 Å². The Morgan fingerprint density at radius 1 is 1.71 bits per heavy atom. The minimum atomic E-state index is 0. The molecule has 0 nitrogen and oxygen atoms in total. The van der Waals surface area contributed by atoms with Crippen LogP contribution < -0.4 is 0 Å². The van der Waals surface area contributed by atoms with Crippen LogP contribution in [0.4, 0.5) is 0 Å². The Hall–Kier alpha value is 2.44. The molecule has 0 bridgehead atoms. The molecule has 1 atom stereocenters. The van der Waals surface area contributed by atoms with Crippen LogP contribution in [0.25, 0.3) is 0 Å². The predicted molar refractivity (Wildman–Crippen MR) is 48.6 cm³/mol. The van der Waals surface area contributed by atoms with Gasteiger partial charge in [0.2, 0.25) is 0 Å². The third-order valence-corrected chi connectivity index (χ3v) is 1.30.